The van der Waals surface area contributed by atoms with E-state index in [2.05, 4.69) is 0 Å². The van der Waals surface area contributed by atoms with Gasteiger partial charge >= 0.3 is 0 Å². The Morgan fingerprint density at radius 2 is 2.20 bits per heavy atom. The van der Waals surface area contributed by atoms with E-state index < -0.39 is 6.29 Å². The SMILES string of the molecule is CCC(CC1CO1)C(O)O. The molecule has 3 heteroatoms. The maximum atomic E-state index is 8.79. The first-order valence-electron chi connectivity index (χ1n) is 3.71. The van der Waals surface area contributed by atoms with Crippen LogP contribution in [-0.4, -0.2) is 29.2 Å². The average molecular weight is 146 g/mol. The van der Waals surface area contributed by atoms with Gasteiger partial charge < -0.3 is 14.9 Å². The predicted molar refractivity (Wildman–Crippen MR) is 36.4 cm³/mol. The van der Waals surface area contributed by atoms with Gasteiger partial charge in [0.1, 0.15) is 0 Å². The Hall–Kier alpha value is -0.120. The van der Waals surface area contributed by atoms with Crippen molar-refractivity contribution in [2.24, 2.45) is 5.92 Å². The summed E-state index contributed by atoms with van der Waals surface area (Å²) in [5, 5.41) is 17.6. The van der Waals surface area contributed by atoms with Crippen LogP contribution >= 0.6 is 0 Å². The van der Waals surface area contributed by atoms with Gasteiger partial charge in [-0.2, -0.15) is 0 Å². The minimum absolute atomic E-state index is 0.00694. The summed E-state index contributed by atoms with van der Waals surface area (Å²) in [4.78, 5) is 0. The van der Waals surface area contributed by atoms with E-state index in [4.69, 9.17) is 14.9 Å². The van der Waals surface area contributed by atoms with E-state index in [1.54, 1.807) is 0 Å². The van der Waals surface area contributed by atoms with Crippen LogP contribution in [0.3, 0.4) is 0 Å². The molecule has 0 aliphatic carbocycles. The van der Waals surface area contributed by atoms with Crippen molar-refractivity contribution in [2.45, 2.75) is 32.2 Å². The maximum Gasteiger partial charge on any atom is 0.154 e. The lowest BCUT2D eigenvalue weighted by Crippen LogP contribution is -2.20. The third-order valence-corrected chi connectivity index (χ3v) is 1.91. The molecule has 1 aliphatic rings. The van der Waals surface area contributed by atoms with Crippen LogP contribution < -0.4 is 0 Å². The van der Waals surface area contributed by atoms with Gasteiger partial charge in [0.25, 0.3) is 0 Å². The predicted octanol–water partition coefficient (Wildman–Crippen LogP) is 0.112. The van der Waals surface area contributed by atoms with E-state index in [0.29, 0.717) is 6.10 Å². The van der Waals surface area contributed by atoms with E-state index in [1.165, 1.54) is 0 Å². The summed E-state index contributed by atoms with van der Waals surface area (Å²) in [5.74, 6) is -0.00694. The highest BCUT2D eigenvalue weighted by molar-refractivity contribution is 4.74. The molecule has 0 bridgehead atoms. The lowest BCUT2D eigenvalue weighted by molar-refractivity contribution is -0.0881. The Labute approximate surface area is 60.6 Å². The Balaban J connectivity index is 2.17. The Morgan fingerprint density at radius 1 is 1.60 bits per heavy atom. The van der Waals surface area contributed by atoms with Crippen LogP contribution in [0, 0.1) is 5.92 Å². The molecule has 0 spiro atoms. The Bertz CT molecular complexity index is 99.0. The van der Waals surface area contributed by atoms with Gasteiger partial charge in [0.15, 0.2) is 6.29 Å². The Morgan fingerprint density at radius 3 is 2.50 bits per heavy atom. The van der Waals surface area contributed by atoms with Gasteiger partial charge in [0.05, 0.1) is 12.7 Å². The van der Waals surface area contributed by atoms with Gasteiger partial charge in [0, 0.05) is 5.92 Å². The van der Waals surface area contributed by atoms with Crippen LogP contribution in [-0.2, 0) is 4.74 Å². The summed E-state index contributed by atoms with van der Waals surface area (Å²) in [6.07, 6.45) is 0.715. The first-order valence-corrected chi connectivity index (χ1v) is 3.71. The van der Waals surface area contributed by atoms with Gasteiger partial charge in [-0.15, -0.1) is 0 Å². The topological polar surface area (TPSA) is 53.0 Å². The van der Waals surface area contributed by atoms with Gasteiger partial charge in [-0.25, -0.2) is 0 Å². The summed E-state index contributed by atoms with van der Waals surface area (Å²) in [6, 6.07) is 0. The molecule has 2 N–H and O–H groups in total. The molecule has 0 aromatic carbocycles. The van der Waals surface area contributed by atoms with Crippen LogP contribution in [0.15, 0.2) is 0 Å². The largest absolute Gasteiger partial charge is 0.373 e. The van der Waals surface area contributed by atoms with E-state index >= 15 is 0 Å². The van der Waals surface area contributed by atoms with Crippen LogP contribution in [0.2, 0.25) is 0 Å². The fourth-order valence-corrected chi connectivity index (χ4v) is 1.04. The molecule has 1 saturated heterocycles. The number of rotatable bonds is 4. The standard InChI is InChI=1S/C7H14O3/c1-2-5(7(8)9)3-6-4-10-6/h5-9H,2-4H2,1H3. The molecule has 0 saturated carbocycles. The van der Waals surface area contributed by atoms with Crippen LogP contribution in [0.25, 0.3) is 0 Å². The molecule has 60 valence electrons. The second-order valence-electron chi connectivity index (χ2n) is 2.77. The number of epoxide rings is 1. The van der Waals surface area contributed by atoms with Crippen LogP contribution in [0.4, 0.5) is 0 Å². The third kappa shape index (κ3) is 2.25. The molecule has 10 heavy (non-hydrogen) atoms. The van der Waals surface area contributed by atoms with Crippen molar-refractivity contribution in [1.82, 2.24) is 0 Å². The normalized spacial score (nSPS) is 27.0. The molecule has 3 nitrogen and oxygen atoms in total. The zero-order valence-corrected chi connectivity index (χ0v) is 6.16. The van der Waals surface area contributed by atoms with Crippen molar-refractivity contribution in [1.29, 1.82) is 0 Å². The van der Waals surface area contributed by atoms with Crippen LogP contribution in [0.5, 0.6) is 0 Å². The van der Waals surface area contributed by atoms with E-state index in [1.807, 2.05) is 6.92 Å². The monoisotopic (exact) mass is 146 g/mol. The number of aliphatic hydroxyl groups excluding tert-OH is 1. The van der Waals surface area contributed by atoms with Crippen molar-refractivity contribution in [3.63, 3.8) is 0 Å². The molecule has 0 aromatic heterocycles. The highest BCUT2D eigenvalue weighted by Crippen LogP contribution is 2.23. The number of hydrogen-bond donors (Lipinski definition) is 2. The zero-order valence-electron chi connectivity index (χ0n) is 6.16. The van der Waals surface area contributed by atoms with Crippen LogP contribution in [0.1, 0.15) is 19.8 Å². The smallest absolute Gasteiger partial charge is 0.154 e. The highest BCUT2D eigenvalue weighted by Gasteiger charge is 2.28. The summed E-state index contributed by atoms with van der Waals surface area (Å²) < 4.78 is 4.97. The summed E-state index contributed by atoms with van der Waals surface area (Å²) in [6.45, 7) is 2.75. The van der Waals surface area contributed by atoms with Gasteiger partial charge in [-0.1, -0.05) is 6.92 Å². The van der Waals surface area contributed by atoms with Crippen molar-refractivity contribution < 1.29 is 14.9 Å². The molecule has 2 unspecified atom stereocenters. The minimum Gasteiger partial charge on any atom is -0.373 e. The second kappa shape index (κ2) is 3.32. The van der Waals surface area contributed by atoms with Gasteiger partial charge in [0.2, 0.25) is 0 Å². The summed E-state index contributed by atoms with van der Waals surface area (Å²) in [7, 11) is 0. The van der Waals surface area contributed by atoms with E-state index in [9.17, 15) is 0 Å². The number of hydrogen-bond acceptors (Lipinski definition) is 3. The first-order chi connectivity index (χ1) is 4.74. The molecule has 0 radical (unpaired) electrons. The Kier molecular flexibility index (Phi) is 2.65. The summed E-state index contributed by atoms with van der Waals surface area (Å²) >= 11 is 0. The zero-order chi connectivity index (χ0) is 7.56. The number of aliphatic hydroxyl groups is 2. The fraction of sp³-hybridized carbons (Fsp3) is 1.00. The quantitative estimate of drug-likeness (QED) is 0.437. The molecule has 1 rings (SSSR count). The lowest BCUT2D eigenvalue weighted by atomic mass is 10.0. The first kappa shape index (κ1) is 7.98. The minimum atomic E-state index is -1.17. The van der Waals surface area contributed by atoms with Crippen molar-refractivity contribution in [3.05, 3.63) is 0 Å². The maximum absolute atomic E-state index is 8.79. The molecular formula is C7H14O3. The van der Waals surface area contributed by atoms with Crippen molar-refractivity contribution in [2.75, 3.05) is 6.61 Å². The van der Waals surface area contributed by atoms with Crippen molar-refractivity contribution >= 4 is 0 Å². The van der Waals surface area contributed by atoms with Crippen molar-refractivity contribution in [3.8, 4) is 0 Å². The van der Waals surface area contributed by atoms with Gasteiger partial charge in [-0.3, -0.25) is 0 Å². The molecule has 1 aliphatic heterocycles. The average Bonchev–Trinajstić information content (AvgIpc) is 2.64. The molecule has 1 fully saturated rings. The molecule has 0 aromatic rings. The molecule has 1 heterocycles. The number of ether oxygens (including phenoxy) is 1. The lowest BCUT2D eigenvalue weighted by Gasteiger charge is -2.14. The van der Waals surface area contributed by atoms with E-state index in [-0.39, 0.29) is 5.92 Å². The van der Waals surface area contributed by atoms with E-state index in [0.717, 1.165) is 19.4 Å². The summed E-state index contributed by atoms with van der Waals surface area (Å²) in [5.41, 5.74) is 0. The molecule has 0 amide bonds. The highest BCUT2D eigenvalue weighted by atomic mass is 16.6. The fourth-order valence-electron chi connectivity index (χ4n) is 1.04. The van der Waals surface area contributed by atoms with Gasteiger partial charge in [-0.05, 0) is 12.8 Å². The molecular weight excluding hydrogens is 132 g/mol. The molecule has 2 atom stereocenters. The third-order valence-electron chi connectivity index (χ3n) is 1.91. The second-order valence-corrected chi connectivity index (χ2v) is 2.77.